The molecular formula is C10H8BrClFN3O. The predicted molar refractivity (Wildman–Crippen MR) is 64.9 cm³/mol. The Morgan fingerprint density at radius 3 is 3.18 bits per heavy atom. The first-order valence-electron chi connectivity index (χ1n) is 6.78. The molecule has 0 N–H and O–H groups in total. The Morgan fingerprint density at radius 1 is 1.65 bits per heavy atom. The summed E-state index contributed by atoms with van der Waals surface area (Å²) in [5.41, 5.74) is 0. The summed E-state index contributed by atoms with van der Waals surface area (Å²) in [4.78, 5) is 3.74. The molecule has 0 amide bonds. The molecule has 0 aliphatic carbocycles. The largest absolute Gasteiger partial charge is 0.424 e. The van der Waals surface area contributed by atoms with Crippen molar-refractivity contribution >= 4 is 27.5 Å². The number of aromatic nitrogens is 3. The molecule has 0 bridgehead atoms. The van der Waals surface area contributed by atoms with Crippen molar-refractivity contribution < 1.29 is 16.0 Å². The van der Waals surface area contributed by atoms with E-state index in [9.17, 15) is 4.39 Å². The molecule has 0 radical (unpaired) electrons. The van der Waals surface area contributed by atoms with Crippen LogP contribution in [-0.2, 0) is 6.50 Å². The van der Waals surface area contributed by atoms with Gasteiger partial charge in [0, 0.05) is 21.7 Å². The van der Waals surface area contributed by atoms with E-state index in [1.807, 2.05) is 0 Å². The van der Waals surface area contributed by atoms with E-state index in [-0.39, 0.29) is 15.5 Å². The molecule has 0 aliphatic rings. The Bertz CT molecular complexity index is 688. The summed E-state index contributed by atoms with van der Waals surface area (Å²) >= 11 is 8.60. The van der Waals surface area contributed by atoms with E-state index in [1.165, 1.54) is 6.07 Å². The normalized spacial score (nSPS) is 16.5. The minimum atomic E-state index is -3.02. The number of nitrogens with zero attached hydrogens (tertiary/aromatic N) is 3. The standard InChI is InChI=1S/C10H8BrClFN3O/c1-2-16-10(14-9(11)15-16)17-8-4-6(12)3-7(13)5-8/h3-5H,2H2,1H3/i1D3,2D2. The average molecular weight is 326 g/mol. The van der Waals surface area contributed by atoms with Crippen molar-refractivity contribution in [1.82, 2.24) is 14.8 Å². The van der Waals surface area contributed by atoms with Crippen LogP contribution in [0.1, 0.15) is 13.7 Å². The van der Waals surface area contributed by atoms with Crippen LogP contribution in [0.2, 0.25) is 5.02 Å². The topological polar surface area (TPSA) is 39.9 Å². The molecule has 0 atom stereocenters. The highest BCUT2D eigenvalue weighted by Crippen LogP contribution is 2.25. The summed E-state index contributed by atoms with van der Waals surface area (Å²) in [5.74, 6) is -0.751. The summed E-state index contributed by atoms with van der Waals surface area (Å²) in [6.45, 7) is -5.89. The second-order valence-corrected chi connectivity index (χ2v) is 4.04. The third-order valence-corrected chi connectivity index (χ3v) is 2.26. The molecule has 1 heterocycles. The fourth-order valence-corrected chi connectivity index (χ4v) is 1.63. The summed E-state index contributed by atoms with van der Waals surface area (Å²) in [5, 5.41) is 3.68. The highest BCUT2D eigenvalue weighted by atomic mass is 79.9. The second-order valence-electron chi connectivity index (χ2n) is 2.89. The van der Waals surface area contributed by atoms with Crippen LogP contribution in [-0.4, -0.2) is 14.8 Å². The maximum Gasteiger partial charge on any atom is 0.321 e. The van der Waals surface area contributed by atoms with Crippen LogP contribution >= 0.6 is 27.5 Å². The van der Waals surface area contributed by atoms with Crippen LogP contribution in [0.25, 0.3) is 0 Å². The number of halogens is 3. The van der Waals surface area contributed by atoms with Gasteiger partial charge in [0.25, 0.3) is 0 Å². The van der Waals surface area contributed by atoms with E-state index in [0.29, 0.717) is 4.68 Å². The van der Waals surface area contributed by atoms with Crippen molar-refractivity contribution in [3.63, 3.8) is 0 Å². The zero-order valence-electron chi connectivity index (χ0n) is 13.1. The van der Waals surface area contributed by atoms with Crippen molar-refractivity contribution in [3.8, 4) is 11.8 Å². The highest BCUT2D eigenvalue weighted by Gasteiger charge is 2.10. The van der Waals surface area contributed by atoms with Gasteiger partial charge in [-0.2, -0.15) is 4.98 Å². The lowest BCUT2D eigenvalue weighted by Gasteiger charge is -2.05. The minimum absolute atomic E-state index is 0.0546. The monoisotopic (exact) mass is 324 g/mol. The zero-order valence-corrected chi connectivity index (χ0v) is 10.5. The molecule has 0 saturated heterocycles. The third kappa shape index (κ3) is 2.95. The number of hydrogen-bond acceptors (Lipinski definition) is 3. The van der Waals surface area contributed by atoms with Crippen molar-refractivity contribution in [1.29, 1.82) is 0 Å². The number of benzene rings is 1. The van der Waals surface area contributed by atoms with Gasteiger partial charge in [-0.25, -0.2) is 9.07 Å². The molecule has 7 heteroatoms. The van der Waals surface area contributed by atoms with E-state index in [0.717, 1.165) is 12.1 Å². The van der Waals surface area contributed by atoms with Gasteiger partial charge < -0.3 is 4.74 Å². The van der Waals surface area contributed by atoms with Crippen molar-refractivity contribution in [3.05, 3.63) is 33.8 Å². The van der Waals surface area contributed by atoms with Crippen molar-refractivity contribution in [2.75, 3.05) is 0 Å². The lowest BCUT2D eigenvalue weighted by Crippen LogP contribution is -2.00. The molecule has 1 aromatic heterocycles. The van der Waals surface area contributed by atoms with Gasteiger partial charge in [0.15, 0.2) is 0 Å². The Morgan fingerprint density at radius 2 is 2.47 bits per heavy atom. The first-order chi connectivity index (χ1) is 10.0. The molecule has 1 aromatic carbocycles. The van der Waals surface area contributed by atoms with E-state index in [2.05, 4.69) is 26.0 Å². The van der Waals surface area contributed by atoms with Crippen LogP contribution in [0.15, 0.2) is 22.9 Å². The van der Waals surface area contributed by atoms with Gasteiger partial charge in [0.2, 0.25) is 4.73 Å². The van der Waals surface area contributed by atoms with Crippen LogP contribution in [0.5, 0.6) is 11.8 Å². The number of aryl methyl sites for hydroxylation is 1. The number of rotatable bonds is 3. The van der Waals surface area contributed by atoms with Crippen LogP contribution in [0, 0.1) is 5.82 Å². The molecule has 0 saturated carbocycles. The Balaban J connectivity index is 2.45. The zero-order chi connectivity index (χ0) is 16.7. The van der Waals surface area contributed by atoms with Gasteiger partial charge in [0.05, 0.1) is 2.74 Å². The Labute approximate surface area is 118 Å². The smallest absolute Gasteiger partial charge is 0.321 e. The predicted octanol–water partition coefficient (Wildman–Crippen LogP) is 3.65. The molecule has 0 unspecified atom stereocenters. The van der Waals surface area contributed by atoms with Gasteiger partial charge in [0.1, 0.15) is 11.6 Å². The van der Waals surface area contributed by atoms with E-state index >= 15 is 0 Å². The SMILES string of the molecule is [2H]C([2H])([2H])C([2H])([2H])n1nc(Br)nc1Oc1cc(F)cc(Cl)c1. The quantitative estimate of drug-likeness (QED) is 0.865. The van der Waals surface area contributed by atoms with Crippen LogP contribution < -0.4 is 4.74 Å². The third-order valence-electron chi connectivity index (χ3n) is 1.70. The van der Waals surface area contributed by atoms with E-state index in [1.54, 1.807) is 0 Å². The molecular weight excluding hydrogens is 312 g/mol. The first kappa shape index (κ1) is 7.33. The fourth-order valence-electron chi connectivity index (χ4n) is 1.11. The number of ether oxygens (including phenoxy) is 1. The highest BCUT2D eigenvalue weighted by molar-refractivity contribution is 9.10. The second kappa shape index (κ2) is 5.01. The van der Waals surface area contributed by atoms with Gasteiger partial charge in [-0.15, -0.1) is 5.10 Å². The lowest BCUT2D eigenvalue weighted by atomic mass is 10.3. The minimum Gasteiger partial charge on any atom is -0.424 e. The maximum absolute atomic E-state index is 13.3. The fraction of sp³-hybridized carbons (Fsp3) is 0.200. The van der Waals surface area contributed by atoms with E-state index < -0.39 is 25.2 Å². The average Bonchev–Trinajstić information content (AvgIpc) is 2.67. The Hall–Kier alpha value is -1.14. The molecule has 2 rings (SSSR count). The summed E-state index contributed by atoms with van der Waals surface area (Å²) < 4.78 is 56.0. The molecule has 0 fully saturated rings. The van der Waals surface area contributed by atoms with Crippen molar-refractivity contribution in [2.24, 2.45) is 0 Å². The van der Waals surface area contributed by atoms with Crippen molar-refractivity contribution in [2.45, 2.75) is 13.3 Å². The van der Waals surface area contributed by atoms with Crippen LogP contribution in [0.3, 0.4) is 0 Å². The molecule has 4 nitrogen and oxygen atoms in total. The lowest BCUT2D eigenvalue weighted by molar-refractivity contribution is 0.399. The van der Waals surface area contributed by atoms with Gasteiger partial charge in [-0.05, 0) is 34.9 Å². The summed E-state index contributed by atoms with van der Waals surface area (Å²) in [7, 11) is 0. The van der Waals surface area contributed by atoms with Gasteiger partial charge in [-0.3, -0.25) is 0 Å². The maximum atomic E-state index is 13.3. The molecule has 90 valence electrons. The first-order valence-corrected chi connectivity index (χ1v) is 5.45. The summed E-state index contributed by atoms with van der Waals surface area (Å²) in [6.07, 6.45) is 0. The van der Waals surface area contributed by atoms with Gasteiger partial charge in [-0.1, -0.05) is 11.6 Å². The van der Waals surface area contributed by atoms with E-state index in [4.69, 9.17) is 23.2 Å². The Kier molecular flexibility index (Phi) is 2.16. The van der Waals surface area contributed by atoms with Crippen LogP contribution in [0.4, 0.5) is 4.39 Å². The molecule has 0 spiro atoms. The molecule has 0 aliphatic heterocycles. The van der Waals surface area contributed by atoms with Gasteiger partial charge >= 0.3 is 6.01 Å². The summed E-state index contributed by atoms with van der Waals surface area (Å²) in [6, 6.07) is 2.85. The molecule has 17 heavy (non-hydrogen) atoms. The number of hydrogen-bond donors (Lipinski definition) is 0. The molecule has 2 aromatic rings.